The van der Waals surface area contributed by atoms with E-state index in [1.165, 1.54) is 6.42 Å². The van der Waals surface area contributed by atoms with E-state index in [9.17, 15) is 0 Å². The lowest BCUT2D eigenvalue weighted by Gasteiger charge is -1.88. The molecule has 0 radical (unpaired) electrons. The summed E-state index contributed by atoms with van der Waals surface area (Å²) in [5.74, 6) is 1.62. The molecule has 0 heteroatoms. The van der Waals surface area contributed by atoms with Crippen molar-refractivity contribution in [3.8, 4) is 0 Å². The molecule has 2 aliphatic rings. The average Bonchev–Trinajstić information content (AvgIpc) is 2.89. The molecule has 0 aromatic carbocycles. The van der Waals surface area contributed by atoms with Gasteiger partial charge in [0.15, 0.2) is 0 Å². The van der Waals surface area contributed by atoms with Gasteiger partial charge in [0.2, 0.25) is 0 Å². The lowest BCUT2D eigenvalue weighted by molar-refractivity contribution is 0.732. The first kappa shape index (κ1) is 12.0. The molecule has 0 spiro atoms. The Balaban J connectivity index is 0.000000150. The summed E-state index contributed by atoms with van der Waals surface area (Å²) in [5, 5.41) is 0. The Bertz CT molecular complexity index is 227. The highest BCUT2D eigenvalue weighted by molar-refractivity contribution is 5.21. The minimum Gasteiger partial charge on any atom is -0.103 e. The predicted octanol–water partition coefficient (Wildman–Crippen LogP) is 4.67. The molecule has 0 N–H and O–H groups in total. The van der Waals surface area contributed by atoms with Crippen LogP contribution in [-0.4, -0.2) is 0 Å². The molecule has 2 aliphatic carbocycles. The van der Waals surface area contributed by atoms with Crippen molar-refractivity contribution in [1.29, 1.82) is 0 Å². The SMILES string of the molecule is C1=CC2C=CC1C2.C=CCCC=CCC. The van der Waals surface area contributed by atoms with Crippen molar-refractivity contribution in [2.24, 2.45) is 11.8 Å². The minimum absolute atomic E-state index is 0.810. The summed E-state index contributed by atoms with van der Waals surface area (Å²) in [4.78, 5) is 0. The van der Waals surface area contributed by atoms with Crippen LogP contribution in [-0.2, 0) is 0 Å². The van der Waals surface area contributed by atoms with Gasteiger partial charge in [-0.1, -0.05) is 49.5 Å². The van der Waals surface area contributed by atoms with Crippen LogP contribution in [0, 0.1) is 11.8 Å². The maximum atomic E-state index is 3.62. The van der Waals surface area contributed by atoms with Gasteiger partial charge < -0.3 is 0 Å². The summed E-state index contributed by atoms with van der Waals surface area (Å²) in [7, 11) is 0. The van der Waals surface area contributed by atoms with Gasteiger partial charge in [-0.2, -0.15) is 0 Å². The number of fused-ring (bicyclic) bond motifs is 2. The molecule has 2 rings (SSSR count). The second kappa shape index (κ2) is 7.28. The molecule has 0 nitrogen and oxygen atoms in total. The Morgan fingerprint density at radius 3 is 2.00 bits per heavy atom. The van der Waals surface area contributed by atoms with Crippen LogP contribution in [0.2, 0.25) is 0 Å². The van der Waals surface area contributed by atoms with E-state index < -0.39 is 0 Å². The second-order valence-electron chi connectivity index (χ2n) is 4.08. The number of rotatable bonds is 4. The smallest absolute Gasteiger partial charge is 0.00445 e. The van der Waals surface area contributed by atoms with Crippen molar-refractivity contribution in [2.75, 3.05) is 0 Å². The van der Waals surface area contributed by atoms with E-state index in [0.29, 0.717) is 0 Å². The number of hydrogen-bond acceptors (Lipinski definition) is 0. The van der Waals surface area contributed by atoms with E-state index >= 15 is 0 Å². The molecule has 0 aromatic heterocycles. The highest BCUT2D eigenvalue weighted by Crippen LogP contribution is 2.31. The average molecular weight is 202 g/mol. The van der Waals surface area contributed by atoms with Crippen LogP contribution in [0.3, 0.4) is 0 Å². The third kappa shape index (κ3) is 4.83. The number of hydrogen-bond donors (Lipinski definition) is 0. The molecule has 82 valence electrons. The summed E-state index contributed by atoms with van der Waals surface area (Å²) in [6.07, 6.45) is 20.3. The van der Waals surface area contributed by atoms with E-state index in [2.05, 4.69) is 50.0 Å². The van der Waals surface area contributed by atoms with E-state index in [-0.39, 0.29) is 0 Å². The fourth-order valence-corrected chi connectivity index (χ4v) is 1.83. The van der Waals surface area contributed by atoms with Crippen molar-refractivity contribution in [3.63, 3.8) is 0 Å². The van der Waals surface area contributed by atoms with E-state index in [1.54, 1.807) is 0 Å². The minimum atomic E-state index is 0.810. The Labute approximate surface area is 94.1 Å². The predicted molar refractivity (Wildman–Crippen MR) is 68.7 cm³/mol. The maximum absolute atomic E-state index is 3.62. The van der Waals surface area contributed by atoms with Crippen molar-refractivity contribution in [2.45, 2.75) is 32.6 Å². The van der Waals surface area contributed by atoms with Gasteiger partial charge in [-0.15, -0.1) is 6.58 Å². The normalized spacial score (nSPS) is 25.7. The van der Waals surface area contributed by atoms with Crippen molar-refractivity contribution < 1.29 is 0 Å². The van der Waals surface area contributed by atoms with Gasteiger partial charge in [0.1, 0.15) is 0 Å². The van der Waals surface area contributed by atoms with Gasteiger partial charge in [-0.3, -0.25) is 0 Å². The van der Waals surface area contributed by atoms with Crippen LogP contribution in [0.5, 0.6) is 0 Å². The molecule has 0 aromatic rings. The van der Waals surface area contributed by atoms with E-state index in [0.717, 1.165) is 31.1 Å². The van der Waals surface area contributed by atoms with Crippen molar-refractivity contribution >= 4 is 0 Å². The van der Waals surface area contributed by atoms with Crippen molar-refractivity contribution in [1.82, 2.24) is 0 Å². The van der Waals surface area contributed by atoms with Crippen LogP contribution in [0.25, 0.3) is 0 Å². The summed E-state index contributed by atoms with van der Waals surface area (Å²) < 4.78 is 0. The fourth-order valence-electron chi connectivity index (χ4n) is 1.83. The molecule has 0 saturated heterocycles. The Morgan fingerprint density at radius 1 is 1.07 bits per heavy atom. The molecule has 2 bridgehead atoms. The van der Waals surface area contributed by atoms with Crippen LogP contribution in [0.15, 0.2) is 49.1 Å². The molecule has 0 atom stereocenters. The standard InChI is InChI=1S/C8H14.C7H8/c1-3-5-7-8-6-4-2;1-2-7-4-3-6(1)5-7/h3,6,8H,1,4-5,7H2,2H3;1-4,6-7H,5H2. The van der Waals surface area contributed by atoms with Gasteiger partial charge in [-0.05, 0) is 37.5 Å². The molecule has 15 heavy (non-hydrogen) atoms. The highest BCUT2D eigenvalue weighted by Gasteiger charge is 2.19. The highest BCUT2D eigenvalue weighted by atomic mass is 14.2. The lowest BCUT2D eigenvalue weighted by Crippen LogP contribution is -1.79. The third-order valence-electron chi connectivity index (χ3n) is 2.70. The summed E-state index contributed by atoms with van der Waals surface area (Å²) in [6.45, 7) is 5.77. The van der Waals surface area contributed by atoms with Gasteiger partial charge in [0.25, 0.3) is 0 Å². The second-order valence-corrected chi connectivity index (χ2v) is 4.08. The largest absolute Gasteiger partial charge is 0.103 e. The number of unbranched alkanes of at least 4 members (excludes halogenated alkanes) is 1. The molecular formula is C15H22. The zero-order valence-corrected chi connectivity index (χ0v) is 9.73. The quantitative estimate of drug-likeness (QED) is 0.459. The fraction of sp³-hybridized carbons (Fsp3) is 0.467. The number of allylic oxidation sites excluding steroid dienone is 7. The summed E-state index contributed by atoms with van der Waals surface area (Å²) in [6, 6.07) is 0. The molecule has 0 unspecified atom stereocenters. The van der Waals surface area contributed by atoms with E-state index in [1.807, 2.05) is 6.08 Å². The lowest BCUT2D eigenvalue weighted by atomic mass is 10.2. The first-order valence-electron chi connectivity index (χ1n) is 5.99. The molecule has 0 saturated carbocycles. The first-order valence-corrected chi connectivity index (χ1v) is 5.99. The van der Waals surface area contributed by atoms with Crippen molar-refractivity contribution in [3.05, 3.63) is 49.1 Å². The van der Waals surface area contributed by atoms with Gasteiger partial charge in [-0.25, -0.2) is 0 Å². The summed E-state index contributed by atoms with van der Waals surface area (Å²) in [5.41, 5.74) is 0. The third-order valence-corrected chi connectivity index (χ3v) is 2.70. The maximum Gasteiger partial charge on any atom is -0.00445 e. The van der Waals surface area contributed by atoms with Crippen LogP contribution < -0.4 is 0 Å². The zero-order chi connectivity index (χ0) is 10.9. The summed E-state index contributed by atoms with van der Waals surface area (Å²) >= 11 is 0. The zero-order valence-electron chi connectivity index (χ0n) is 9.73. The van der Waals surface area contributed by atoms with E-state index in [4.69, 9.17) is 0 Å². The molecule has 0 fully saturated rings. The van der Waals surface area contributed by atoms with Gasteiger partial charge in [0, 0.05) is 0 Å². The van der Waals surface area contributed by atoms with Gasteiger partial charge in [0.05, 0.1) is 0 Å². The molecule has 0 aliphatic heterocycles. The molecule has 0 amide bonds. The van der Waals surface area contributed by atoms with Crippen LogP contribution in [0.4, 0.5) is 0 Å². The first-order chi connectivity index (χ1) is 7.36. The van der Waals surface area contributed by atoms with Gasteiger partial charge >= 0.3 is 0 Å². The van der Waals surface area contributed by atoms with Crippen LogP contribution >= 0.6 is 0 Å². The molecular weight excluding hydrogens is 180 g/mol. The topological polar surface area (TPSA) is 0 Å². The van der Waals surface area contributed by atoms with Crippen LogP contribution in [0.1, 0.15) is 32.6 Å². The Hall–Kier alpha value is -1.04. The Morgan fingerprint density at radius 2 is 1.67 bits per heavy atom. The Kier molecular flexibility index (Phi) is 5.84. The molecule has 0 heterocycles. The monoisotopic (exact) mass is 202 g/mol.